The van der Waals surface area contributed by atoms with Gasteiger partial charge in [-0.3, -0.25) is 4.79 Å². The number of carboxylic acids is 1. The molecule has 2 N–H and O–H groups in total. The number of nitrogens with zero attached hydrogens (tertiary/aromatic N) is 1. The Labute approximate surface area is 95.9 Å². The highest BCUT2D eigenvalue weighted by Gasteiger charge is 2.02. The van der Waals surface area contributed by atoms with Crippen LogP contribution in [0.3, 0.4) is 0 Å². The second kappa shape index (κ2) is 6.00. The molecule has 0 aliphatic rings. The molecule has 4 nitrogen and oxygen atoms in total. The third kappa shape index (κ3) is 3.81. The molecule has 0 heterocycles. The Morgan fingerprint density at radius 3 is 2.69 bits per heavy atom. The number of para-hydroxylation sites is 2. The standard InChI is InChI=1S/C12H18N2O2/c1-14(2)11-7-4-3-6-10(11)13-9-5-8-12(15)16/h3-4,6-7,13H,5,8-9H2,1-2H3,(H,15,16). The predicted octanol–water partition coefficient (Wildman–Crippen LogP) is 2.03. The third-order valence-corrected chi connectivity index (χ3v) is 2.27. The first-order chi connectivity index (χ1) is 7.61. The lowest BCUT2D eigenvalue weighted by Crippen LogP contribution is -2.13. The lowest BCUT2D eigenvalue weighted by molar-refractivity contribution is -0.137. The Morgan fingerprint density at radius 2 is 2.06 bits per heavy atom. The van der Waals surface area contributed by atoms with E-state index in [2.05, 4.69) is 5.32 Å². The molecule has 1 aromatic rings. The quantitative estimate of drug-likeness (QED) is 0.723. The van der Waals surface area contributed by atoms with Gasteiger partial charge < -0.3 is 15.3 Å². The molecule has 0 saturated heterocycles. The van der Waals surface area contributed by atoms with E-state index in [1.54, 1.807) is 0 Å². The maximum Gasteiger partial charge on any atom is 0.303 e. The van der Waals surface area contributed by atoms with Crippen LogP contribution in [0.25, 0.3) is 0 Å². The molecule has 0 fully saturated rings. The summed E-state index contributed by atoms with van der Waals surface area (Å²) < 4.78 is 0. The molecule has 1 aromatic carbocycles. The van der Waals surface area contributed by atoms with Gasteiger partial charge in [-0.05, 0) is 18.6 Å². The number of carboxylic acid groups (broad SMARTS) is 1. The Bertz CT molecular complexity index is 351. The first-order valence-corrected chi connectivity index (χ1v) is 5.33. The van der Waals surface area contributed by atoms with Crippen molar-refractivity contribution < 1.29 is 9.90 Å². The molecule has 0 aromatic heterocycles. The average molecular weight is 222 g/mol. The summed E-state index contributed by atoms with van der Waals surface area (Å²) in [6.45, 7) is 0.678. The summed E-state index contributed by atoms with van der Waals surface area (Å²) in [5.74, 6) is -0.748. The van der Waals surface area contributed by atoms with Crippen molar-refractivity contribution in [2.45, 2.75) is 12.8 Å². The van der Waals surface area contributed by atoms with Crippen LogP contribution in [0.1, 0.15) is 12.8 Å². The molecule has 0 aliphatic heterocycles. The number of aliphatic carboxylic acids is 1. The summed E-state index contributed by atoms with van der Waals surface area (Å²) >= 11 is 0. The summed E-state index contributed by atoms with van der Waals surface area (Å²) in [4.78, 5) is 12.4. The highest BCUT2D eigenvalue weighted by Crippen LogP contribution is 2.23. The maximum atomic E-state index is 10.3. The number of benzene rings is 1. The van der Waals surface area contributed by atoms with Gasteiger partial charge in [-0.15, -0.1) is 0 Å². The van der Waals surface area contributed by atoms with Crippen LogP contribution in [0.5, 0.6) is 0 Å². The second-order valence-corrected chi connectivity index (χ2v) is 3.84. The molecule has 4 heteroatoms. The van der Waals surface area contributed by atoms with E-state index in [-0.39, 0.29) is 6.42 Å². The zero-order chi connectivity index (χ0) is 12.0. The smallest absolute Gasteiger partial charge is 0.303 e. The van der Waals surface area contributed by atoms with E-state index in [0.29, 0.717) is 13.0 Å². The van der Waals surface area contributed by atoms with Crippen LogP contribution in [-0.2, 0) is 4.79 Å². The number of hydrogen-bond acceptors (Lipinski definition) is 3. The van der Waals surface area contributed by atoms with E-state index in [1.807, 2.05) is 43.3 Å². The number of hydrogen-bond donors (Lipinski definition) is 2. The molecule has 0 bridgehead atoms. The summed E-state index contributed by atoms with van der Waals surface area (Å²) in [6.07, 6.45) is 0.841. The molecule has 0 atom stereocenters. The minimum absolute atomic E-state index is 0.205. The molecule has 0 aliphatic carbocycles. The lowest BCUT2D eigenvalue weighted by Gasteiger charge is -2.18. The fourth-order valence-corrected chi connectivity index (χ4v) is 1.48. The molecule has 1 rings (SSSR count). The molecular formula is C12H18N2O2. The van der Waals surface area contributed by atoms with Gasteiger partial charge in [0.2, 0.25) is 0 Å². The molecule has 0 radical (unpaired) electrons. The number of rotatable bonds is 6. The molecule has 0 saturated carbocycles. The van der Waals surface area contributed by atoms with Gasteiger partial charge in [-0.25, -0.2) is 0 Å². The summed E-state index contributed by atoms with van der Waals surface area (Å²) in [5.41, 5.74) is 2.15. The topological polar surface area (TPSA) is 52.6 Å². The molecule has 0 unspecified atom stereocenters. The van der Waals surface area contributed by atoms with Crippen LogP contribution in [0, 0.1) is 0 Å². The normalized spacial score (nSPS) is 9.88. The van der Waals surface area contributed by atoms with Gasteiger partial charge >= 0.3 is 5.97 Å². The molecule has 16 heavy (non-hydrogen) atoms. The van der Waals surface area contributed by atoms with Crippen molar-refractivity contribution in [1.82, 2.24) is 0 Å². The lowest BCUT2D eigenvalue weighted by atomic mass is 10.2. The van der Waals surface area contributed by atoms with Crippen molar-refractivity contribution in [2.24, 2.45) is 0 Å². The monoisotopic (exact) mass is 222 g/mol. The van der Waals surface area contributed by atoms with Gasteiger partial charge in [-0.2, -0.15) is 0 Å². The van der Waals surface area contributed by atoms with E-state index < -0.39 is 5.97 Å². The Hall–Kier alpha value is -1.71. The van der Waals surface area contributed by atoms with Crippen molar-refractivity contribution in [3.05, 3.63) is 24.3 Å². The van der Waals surface area contributed by atoms with Crippen LogP contribution in [0.4, 0.5) is 11.4 Å². The number of anilines is 2. The van der Waals surface area contributed by atoms with Gasteiger partial charge in [0, 0.05) is 27.1 Å². The van der Waals surface area contributed by atoms with Gasteiger partial charge in [-0.1, -0.05) is 12.1 Å². The SMILES string of the molecule is CN(C)c1ccccc1NCCCC(=O)O. The summed E-state index contributed by atoms with van der Waals surface area (Å²) in [5, 5.41) is 11.8. The van der Waals surface area contributed by atoms with E-state index >= 15 is 0 Å². The van der Waals surface area contributed by atoms with Gasteiger partial charge in [0.05, 0.1) is 11.4 Å². The molecule has 0 spiro atoms. The first kappa shape index (κ1) is 12.4. The fourth-order valence-electron chi connectivity index (χ4n) is 1.48. The van der Waals surface area contributed by atoms with Crippen molar-refractivity contribution in [3.8, 4) is 0 Å². The van der Waals surface area contributed by atoms with Crippen LogP contribution in [0.15, 0.2) is 24.3 Å². The van der Waals surface area contributed by atoms with Gasteiger partial charge in [0.15, 0.2) is 0 Å². The Balaban J connectivity index is 2.50. The van der Waals surface area contributed by atoms with Gasteiger partial charge in [0.25, 0.3) is 0 Å². The number of nitrogens with one attached hydrogen (secondary N) is 1. The molecule has 0 amide bonds. The summed E-state index contributed by atoms with van der Waals surface area (Å²) in [7, 11) is 3.97. The van der Waals surface area contributed by atoms with E-state index in [9.17, 15) is 4.79 Å². The first-order valence-electron chi connectivity index (χ1n) is 5.33. The highest BCUT2D eigenvalue weighted by molar-refractivity contribution is 5.69. The second-order valence-electron chi connectivity index (χ2n) is 3.84. The predicted molar refractivity (Wildman–Crippen MR) is 66.1 cm³/mol. The highest BCUT2D eigenvalue weighted by atomic mass is 16.4. The van der Waals surface area contributed by atoms with E-state index in [1.165, 1.54) is 0 Å². The van der Waals surface area contributed by atoms with Crippen molar-refractivity contribution >= 4 is 17.3 Å². The number of carbonyl (C=O) groups is 1. The van der Waals surface area contributed by atoms with Crippen LogP contribution < -0.4 is 10.2 Å². The minimum Gasteiger partial charge on any atom is -0.481 e. The minimum atomic E-state index is -0.748. The largest absolute Gasteiger partial charge is 0.481 e. The zero-order valence-corrected chi connectivity index (χ0v) is 9.73. The Morgan fingerprint density at radius 1 is 1.38 bits per heavy atom. The van der Waals surface area contributed by atoms with Crippen LogP contribution in [-0.4, -0.2) is 31.7 Å². The van der Waals surface area contributed by atoms with Crippen molar-refractivity contribution in [2.75, 3.05) is 30.9 Å². The fraction of sp³-hybridized carbons (Fsp3) is 0.417. The Kier molecular flexibility index (Phi) is 4.64. The van der Waals surface area contributed by atoms with E-state index in [4.69, 9.17) is 5.11 Å². The van der Waals surface area contributed by atoms with E-state index in [0.717, 1.165) is 11.4 Å². The third-order valence-electron chi connectivity index (χ3n) is 2.27. The summed E-state index contributed by atoms with van der Waals surface area (Å²) in [6, 6.07) is 7.97. The van der Waals surface area contributed by atoms with Crippen LogP contribution >= 0.6 is 0 Å². The average Bonchev–Trinajstić information content (AvgIpc) is 2.24. The molecule has 88 valence electrons. The van der Waals surface area contributed by atoms with Crippen LogP contribution in [0.2, 0.25) is 0 Å². The van der Waals surface area contributed by atoms with Gasteiger partial charge in [0.1, 0.15) is 0 Å². The van der Waals surface area contributed by atoms with Crippen molar-refractivity contribution in [1.29, 1.82) is 0 Å². The van der Waals surface area contributed by atoms with Crippen molar-refractivity contribution in [3.63, 3.8) is 0 Å². The molecular weight excluding hydrogens is 204 g/mol. The zero-order valence-electron chi connectivity index (χ0n) is 9.73. The maximum absolute atomic E-state index is 10.3.